The summed E-state index contributed by atoms with van der Waals surface area (Å²) in [5, 5.41) is 3.20. The molecule has 22 heavy (non-hydrogen) atoms. The normalized spacial score (nSPS) is 8.82. The van der Waals surface area contributed by atoms with Crippen LogP contribution in [0.3, 0.4) is 0 Å². The summed E-state index contributed by atoms with van der Waals surface area (Å²) >= 11 is 0. The van der Waals surface area contributed by atoms with Crippen molar-refractivity contribution in [2.75, 3.05) is 26.1 Å². The lowest BCUT2D eigenvalue weighted by atomic mass is 10.2. The van der Waals surface area contributed by atoms with Gasteiger partial charge in [-0.25, -0.2) is 0 Å². The van der Waals surface area contributed by atoms with Crippen LogP contribution in [-0.2, 0) is 0 Å². The molecule has 0 fully saturated rings. The predicted octanol–water partition coefficient (Wildman–Crippen LogP) is 3.17. The average Bonchev–Trinajstić information content (AvgIpc) is 2.59. The Morgan fingerprint density at radius 2 is 1.41 bits per heavy atom. The Bertz CT molecular complexity index is 711. The summed E-state index contributed by atoms with van der Waals surface area (Å²) in [5.74, 6) is 13.3. The summed E-state index contributed by atoms with van der Waals surface area (Å²) in [7, 11) is 3.29. The third kappa shape index (κ3) is 4.81. The fourth-order valence-electron chi connectivity index (χ4n) is 1.72. The van der Waals surface area contributed by atoms with Gasteiger partial charge in [-0.05, 0) is 60.4 Å². The molecule has 0 unspecified atom stereocenters. The van der Waals surface area contributed by atoms with E-state index in [1.807, 2.05) is 48.5 Å². The number of methoxy groups -OCH3 is 2. The molecule has 0 saturated heterocycles. The summed E-state index contributed by atoms with van der Waals surface area (Å²) in [6.45, 7) is 0.545. The van der Waals surface area contributed by atoms with Gasteiger partial charge in [0.05, 0.1) is 20.8 Å². The highest BCUT2D eigenvalue weighted by atomic mass is 16.5. The first-order chi connectivity index (χ1) is 10.8. The molecule has 0 aliphatic carbocycles. The van der Waals surface area contributed by atoms with Crippen LogP contribution in [0.5, 0.6) is 11.5 Å². The minimum atomic E-state index is 0.545. The summed E-state index contributed by atoms with van der Waals surface area (Å²) in [4.78, 5) is 0. The van der Waals surface area contributed by atoms with E-state index in [0.29, 0.717) is 6.54 Å². The molecule has 1 N–H and O–H groups in total. The molecule has 2 aromatic carbocycles. The lowest BCUT2D eigenvalue weighted by Crippen LogP contribution is -1.98. The Balaban J connectivity index is 1.82. The highest BCUT2D eigenvalue weighted by Crippen LogP contribution is 2.14. The minimum absolute atomic E-state index is 0.545. The molecule has 110 valence electrons. The van der Waals surface area contributed by atoms with Gasteiger partial charge < -0.3 is 14.8 Å². The molecule has 3 nitrogen and oxygen atoms in total. The van der Waals surface area contributed by atoms with Crippen molar-refractivity contribution in [2.45, 2.75) is 0 Å². The van der Waals surface area contributed by atoms with E-state index < -0.39 is 0 Å². The van der Waals surface area contributed by atoms with Crippen molar-refractivity contribution < 1.29 is 9.47 Å². The van der Waals surface area contributed by atoms with Crippen LogP contribution in [0.1, 0.15) is 5.56 Å². The Kier molecular flexibility index (Phi) is 5.79. The average molecular weight is 291 g/mol. The maximum Gasteiger partial charge on any atom is 0.119 e. The molecule has 0 heterocycles. The van der Waals surface area contributed by atoms with Crippen molar-refractivity contribution in [3.63, 3.8) is 0 Å². The Morgan fingerprint density at radius 1 is 0.818 bits per heavy atom. The quantitative estimate of drug-likeness (QED) is 0.878. The second-order valence-electron chi connectivity index (χ2n) is 4.36. The molecule has 3 heteroatoms. The van der Waals surface area contributed by atoms with Gasteiger partial charge in [0.25, 0.3) is 0 Å². The van der Waals surface area contributed by atoms with Crippen LogP contribution in [0.2, 0.25) is 0 Å². The number of ether oxygens (including phenoxy) is 2. The van der Waals surface area contributed by atoms with Crippen LogP contribution < -0.4 is 14.8 Å². The van der Waals surface area contributed by atoms with Crippen molar-refractivity contribution in [3.8, 4) is 35.2 Å². The smallest absolute Gasteiger partial charge is 0.119 e. The van der Waals surface area contributed by atoms with Gasteiger partial charge in [0.15, 0.2) is 0 Å². The molecule has 0 atom stereocenters. The standard InChI is InChI=1S/C19H17NO2/c1-21-18-11-7-16(8-12-18)6-4-3-5-15-20-17-9-13-19(22-2)14-10-17/h7-14,20H,15H2,1-2H3. The van der Waals surface area contributed by atoms with Gasteiger partial charge in [0.1, 0.15) is 11.5 Å². The first-order valence-corrected chi connectivity index (χ1v) is 6.82. The van der Waals surface area contributed by atoms with Gasteiger partial charge in [-0.1, -0.05) is 11.8 Å². The lowest BCUT2D eigenvalue weighted by Gasteiger charge is -2.03. The van der Waals surface area contributed by atoms with Gasteiger partial charge in [0.2, 0.25) is 0 Å². The largest absolute Gasteiger partial charge is 0.497 e. The van der Waals surface area contributed by atoms with E-state index in [1.54, 1.807) is 14.2 Å². The Labute approximate surface area is 131 Å². The fraction of sp³-hybridized carbons (Fsp3) is 0.158. The van der Waals surface area contributed by atoms with Gasteiger partial charge in [-0.15, -0.1) is 0 Å². The molecule has 0 aromatic heterocycles. The Hall–Kier alpha value is -3.04. The Morgan fingerprint density at radius 3 is 2.00 bits per heavy atom. The second kappa shape index (κ2) is 8.29. The number of hydrogen-bond donors (Lipinski definition) is 1. The molecule has 2 rings (SSSR count). The van der Waals surface area contributed by atoms with Gasteiger partial charge in [0, 0.05) is 11.3 Å². The van der Waals surface area contributed by atoms with E-state index in [-0.39, 0.29) is 0 Å². The molecule has 0 aliphatic heterocycles. The van der Waals surface area contributed by atoms with E-state index in [1.165, 1.54) is 0 Å². The molecule has 0 spiro atoms. The van der Waals surface area contributed by atoms with Gasteiger partial charge in [-0.2, -0.15) is 0 Å². The highest BCUT2D eigenvalue weighted by Gasteiger charge is 1.91. The molecule has 0 bridgehead atoms. The summed E-state index contributed by atoms with van der Waals surface area (Å²) < 4.78 is 10.2. The van der Waals surface area contributed by atoms with E-state index in [9.17, 15) is 0 Å². The van der Waals surface area contributed by atoms with Crippen LogP contribution in [0, 0.1) is 23.7 Å². The summed E-state index contributed by atoms with van der Waals surface area (Å²) in [5.41, 5.74) is 1.91. The zero-order chi connectivity index (χ0) is 15.6. The molecule has 0 radical (unpaired) electrons. The third-order valence-electron chi connectivity index (χ3n) is 2.92. The van der Waals surface area contributed by atoms with Crippen molar-refractivity contribution in [1.29, 1.82) is 0 Å². The number of hydrogen-bond acceptors (Lipinski definition) is 3. The first-order valence-electron chi connectivity index (χ1n) is 6.82. The molecular formula is C19H17NO2. The SMILES string of the molecule is COc1ccc(C#CC#CCNc2ccc(OC)cc2)cc1. The van der Waals surface area contributed by atoms with Crippen LogP contribution in [0.4, 0.5) is 5.69 Å². The van der Waals surface area contributed by atoms with Crippen molar-refractivity contribution in [2.24, 2.45) is 0 Å². The molecule has 2 aromatic rings. The lowest BCUT2D eigenvalue weighted by molar-refractivity contribution is 0.414. The van der Waals surface area contributed by atoms with Crippen LogP contribution in [-0.4, -0.2) is 20.8 Å². The van der Waals surface area contributed by atoms with E-state index in [4.69, 9.17) is 9.47 Å². The molecule has 0 saturated carbocycles. The summed E-state index contributed by atoms with van der Waals surface area (Å²) in [6.07, 6.45) is 0. The molecular weight excluding hydrogens is 274 g/mol. The van der Waals surface area contributed by atoms with Crippen molar-refractivity contribution in [1.82, 2.24) is 0 Å². The summed E-state index contributed by atoms with van der Waals surface area (Å²) in [6, 6.07) is 15.3. The van der Waals surface area contributed by atoms with E-state index in [2.05, 4.69) is 29.0 Å². The topological polar surface area (TPSA) is 30.5 Å². The maximum atomic E-state index is 5.10. The molecule has 0 amide bonds. The van der Waals surface area contributed by atoms with E-state index in [0.717, 1.165) is 22.7 Å². The molecule has 0 aliphatic rings. The number of rotatable bonds is 4. The van der Waals surface area contributed by atoms with Gasteiger partial charge >= 0.3 is 0 Å². The highest BCUT2D eigenvalue weighted by molar-refractivity contribution is 5.48. The van der Waals surface area contributed by atoms with Crippen molar-refractivity contribution in [3.05, 3.63) is 54.1 Å². The van der Waals surface area contributed by atoms with Crippen LogP contribution >= 0.6 is 0 Å². The zero-order valence-corrected chi connectivity index (χ0v) is 12.6. The fourth-order valence-corrected chi connectivity index (χ4v) is 1.72. The number of benzene rings is 2. The van der Waals surface area contributed by atoms with Crippen molar-refractivity contribution >= 4 is 5.69 Å². The number of anilines is 1. The van der Waals surface area contributed by atoms with E-state index >= 15 is 0 Å². The van der Waals surface area contributed by atoms with Crippen LogP contribution in [0.25, 0.3) is 0 Å². The monoisotopic (exact) mass is 291 g/mol. The number of nitrogens with one attached hydrogen (secondary N) is 1. The third-order valence-corrected chi connectivity index (χ3v) is 2.92. The first kappa shape index (κ1) is 15.4. The minimum Gasteiger partial charge on any atom is -0.497 e. The van der Waals surface area contributed by atoms with Crippen LogP contribution in [0.15, 0.2) is 48.5 Å². The second-order valence-corrected chi connectivity index (χ2v) is 4.36. The maximum absolute atomic E-state index is 5.10. The zero-order valence-electron chi connectivity index (χ0n) is 12.6. The van der Waals surface area contributed by atoms with Gasteiger partial charge in [-0.3, -0.25) is 0 Å². The predicted molar refractivity (Wildman–Crippen MR) is 89.1 cm³/mol.